The van der Waals surface area contributed by atoms with Crippen molar-refractivity contribution >= 4 is 5.97 Å². The number of methoxy groups -OCH3 is 1. The van der Waals surface area contributed by atoms with Crippen molar-refractivity contribution in [2.45, 2.75) is 32.8 Å². The fraction of sp³-hybridized carbons (Fsp3) is 0.462. The molecule has 0 atom stereocenters. The lowest BCUT2D eigenvalue weighted by atomic mass is 10.1. The molecule has 0 amide bonds. The van der Waals surface area contributed by atoms with E-state index in [0.717, 1.165) is 0 Å². The molecule has 0 radical (unpaired) electrons. The second-order valence-corrected chi connectivity index (χ2v) is 4.68. The van der Waals surface area contributed by atoms with Gasteiger partial charge in [0.25, 0.3) is 0 Å². The molecule has 94 valence electrons. The van der Waals surface area contributed by atoms with Gasteiger partial charge in [-0.3, -0.25) is 4.79 Å². The monoisotopic (exact) mass is 240 g/mol. The SMILES string of the molecule is COc1cccc(F)c1CC(=O)OC(C)(C)C. The van der Waals surface area contributed by atoms with Gasteiger partial charge in [0.05, 0.1) is 13.5 Å². The van der Waals surface area contributed by atoms with Crippen molar-refractivity contribution in [3.05, 3.63) is 29.6 Å². The first-order chi connectivity index (χ1) is 7.83. The molecule has 4 heteroatoms. The van der Waals surface area contributed by atoms with E-state index in [1.54, 1.807) is 26.8 Å². The summed E-state index contributed by atoms with van der Waals surface area (Å²) in [4.78, 5) is 11.6. The first kappa shape index (κ1) is 13.5. The number of hydrogen-bond acceptors (Lipinski definition) is 3. The van der Waals surface area contributed by atoms with E-state index in [0.29, 0.717) is 5.75 Å². The number of esters is 1. The Morgan fingerprint density at radius 3 is 2.53 bits per heavy atom. The largest absolute Gasteiger partial charge is 0.496 e. The Labute approximate surface area is 101 Å². The lowest BCUT2D eigenvalue weighted by Crippen LogP contribution is -2.25. The van der Waals surface area contributed by atoms with Gasteiger partial charge in [0.1, 0.15) is 17.2 Å². The third-order valence-electron chi connectivity index (χ3n) is 2.04. The van der Waals surface area contributed by atoms with Crippen LogP contribution in [0.15, 0.2) is 18.2 Å². The average molecular weight is 240 g/mol. The molecule has 1 aromatic carbocycles. The van der Waals surface area contributed by atoms with Crippen molar-refractivity contribution in [3.8, 4) is 5.75 Å². The molecule has 0 aliphatic rings. The van der Waals surface area contributed by atoms with E-state index in [1.165, 1.54) is 19.2 Å². The molecule has 0 aromatic heterocycles. The number of benzene rings is 1. The number of rotatable bonds is 3. The molecule has 0 aliphatic carbocycles. The Balaban J connectivity index is 2.84. The van der Waals surface area contributed by atoms with Gasteiger partial charge in [0.2, 0.25) is 0 Å². The standard InChI is InChI=1S/C13H17FO3/c1-13(2,3)17-12(15)8-9-10(14)6-5-7-11(9)16-4/h5-7H,8H2,1-4H3. The van der Waals surface area contributed by atoms with Crippen LogP contribution in [0.5, 0.6) is 5.75 Å². The lowest BCUT2D eigenvalue weighted by Gasteiger charge is -2.20. The van der Waals surface area contributed by atoms with Crippen molar-refractivity contribution in [3.63, 3.8) is 0 Å². The molecular weight excluding hydrogens is 223 g/mol. The predicted octanol–water partition coefficient (Wildman–Crippen LogP) is 2.72. The van der Waals surface area contributed by atoms with Crippen LogP contribution in [0.4, 0.5) is 4.39 Å². The van der Waals surface area contributed by atoms with Gasteiger partial charge in [-0.25, -0.2) is 4.39 Å². The second kappa shape index (κ2) is 5.17. The maximum Gasteiger partial charge on any atom is 0.311 e. The summed E-state index contributed by atoms with van der Waals surface area (Å²) in [6, 6.07) is 4.44. The van der Waals surface area contributed by atoms with Crippen LogP contribution in [0, 0.1) is 5.82 Å². The van der Waals surface area contributed by atoms with E-state index in [4.69, 9.17) is 9.47 Å². The predicted molar refractivity (Wildman–Crippen MR) is 62.5 cm³/mol. The van der Waals surface area contributed by atoms with Crippen molar-refractivity contribution < 1.29 is 18.7 Å². The van der Waals surface area contributed by atoms with Crippen LogP contribution in [0.3, 0.4) is 0 Å². The van der Waals surface area contributed by atoms with E-state index < -0.39 is 17.4 Å². The van der Waals surface area contributed by atoms with Crippen LogP contribution in [0.1, 0.15) is 26.3 Å². The van der Waals surface area contributed by atoms with E-state index in [1.807, 2.05) is 0 Å². The highest BCUT2D eigenvalue weighted by molar-refractivity contribution is 5.74. The molecule has 0 aliphatic heterocycles. The van der Waals surface area contributed by atoms with E-state index in [2.05, 4.69) is 0 Å². The van der Waals surface area contributed by atoms with Crippen molar-refractivity contribution in [1.82, 2.24) is 0 Å². The molecule has 0 fully saturated rings. The Kier molecular flexibility index (Phi) is 4.10. The first-order valence-corrected chi connectivity index (χ1v) is 5.36. The molecule has 0 unspecified atom stereocenters. The molecule has 1 rings (SSSR count). The van der Waals surface area contributed by atoms with Gasteiger partial charge in [-0.15, -0.1) is 0 Å². The van der Waals surface area contributed by atoms with Gasteiger partial charge in [-0.2, -0.15) is 0 Å². The van der Waals surface area contributed by atoms with Gasteiger partial charge in [0.15, 0.2) is 0 Å². The molecule has 3 nitrogen and oxygen atoms in total. The maximum absolute atomic E-state index is 13.5. The second-order valence-electron chi connectivity index (χ2n) is 4.68. The van der Waals surface area contributed by atoms with E-state index in [-0.39, 0.29) is 12.0 Å². The van der Waals surface area contributed by atoms with E-state index in [9.17, 15) is 9.18 Å². The topological polar surface area (TPSA) is 35.5 Å². The summed E-state index contributed by atoms with van der Waals surface area (Å²) in [5, 5.41) is 0. The molecule has 0 spiro atoms. The van der Waals surface area contributed by atoms with Crippen molar-refractivity contribution in [2.75, 3.05) is 7.11 Å². The number of carbonyl (C=O) groups excluding carboxylic acids is 1. The van der Waals surface area contributed by atoms with Crippen molar-refractivity contribution in [1.29, 1.82) is 0 Å². The summed E-state index contributed by atoms with van der Waals surface area (Å²) >= 11 is 0. The molecular formula is C13H17FO3. The molecule has 0 bridgehead atoms. The Morgan fingerprint density at radius 1 is 1.35 bits per heavy atom. The summed E-state index contributed by atoms with van der Waals surface area (Å²) in [6.07, 6.45) is -0.132. The normalized spacial score (nSPS) is 11.1. The molecule has 0 saturated carbocycles. The molecule has 17 heavy (non-hydrogen) atoms. The quantitative estimate of drug-likeness (QED) is 0.762. The van der Waals surface area contributed by atoms with Crippen LogP contribution in [-0.2, 0) is 16.0 Å². The summed E-state index contributed by atoms with van der Waals surface area (Å²) in [5.41, 5.74) is -0.348. The molecule has 1 aromatic rings. The fourth-order valence-electron chi connectivity index (χ4n) is 1.42. The van der Waals surface area contributed by atoms with Gasteiger partial charge in [-0.05, 0) is 32.9 Å². The van der Waals surface area contributed by atoms with E-state index >= 15 is 0 Å². The van der Waals surface area contributed by atoms with Crippen LogP contribution < -0.4 is 4.74 Å². The number of carbonyl (C=O) groups is 1. The van der Waals surface area contributed by atoms with Gasteiger partial charge in [-0.1, -0.05) is 6.07 Å². The van der Waals surface area contributed by atoms with Gasteiger partial charge in [0, 0.05) is 5.56 Å². The first-order valence-electron chi connectivity index (χ1n) is 5.36. The maximum atomic E-state index is 13.5. The third-order valence-corrected chi connectivity index (χ3v) is 2.04. The van der Waals surface area contributed by atoms with Crippen molar-refractivity contribution in [2.24, 2.45) is 0 Å². The van der Waals surface area contributed by atoms with Crippen LogP contribution >= 0.6 is 0 Å². The summed E-state index contributed by atoms with van der Waals surface area (Å²) in [7, 11) is 1.44. The van der Waals surface area contributed by atoms with Gasteiger partial charge >= 0.3 is 5.97 Å². The number of ether oxygens (including phenoxy) is 2. The van der Waals surface area contributed by atoms with Crippen LogP contribution in [0.2, 0.25) is 0 Å². The Morgan fingerprint density at radius 2 is 2.00 bits per heavy atom. The highest BCUT2D eigenvalue weighted by Gasteiger charge is 2.19. The Bertz CT molecular complexity index is 408. The summed E-state index contributed by atoms with van der Waals surface area (Å²) < 4.78 is 23.7. The smallest absolute Gasteiger partial charge is 0.311 e. The highest BCUT2D eigenvalue weighted by atomic mass is 19.1. The molecule has 0 heterocycles. The zero-order chi connectivity index (χ0) is 13.1. The van der Waals surface area contributed by atoms with Gasteiger partial charge < -0.3 is 9.47 Å². The number of hydrogen-bond donors (Lipinski definition) is 0. The number of halogens is 1. The zero-order valence-electron chi connectivity index (χ0n) is 10.5. The molecule has 0 N–H and O–H groups in total. The minimum atomic E-state index is -0.574. The van der Waals surface area contributed by atoms with Crippen LogP contribution in [0.25, 0.3) is 0 Å². The third kappa shape index (κ3) is 4.06. The minimum absolute atomic E-state index is 0.132. The van der Waals surface area contributed by atoms with Crippen LogP contribution in [-0.4, -0.2) is 18.7 Å². The summed E-state index contributed by atoms with van der Waals surface area (Å²) in [5.74, 6) is -0.577. The Hall–Kier alpha value is -1.58. The minimum Gasteiger partial charge on any atom is -0.496 e. The molecule has 0 saturated heterocycles. The average Bonchev–Trinajstić information content (AvgIpc) is 2.18. The fourth-order valence-corrected chi connectivity index (χ4v) is 1.42. The highest BCUT2D eigenvalue weighted by Crippen LogP contribution is 2.22. The zero-order valence-corrected chi connectivity index (χ0v) is 10.5. The summed E-state index contributed by atoms with van der Waals surface area (Å²) in [6.45, 7) is 5.30. The lowest BCUT2D eigenvalue weighted by molar-refractivity contribution is -0.154.